The number of hydrogen-bond acceptors (Lipinski definition) is 4. The van der Waals surface area contributed by atoms with Crippen LogP contribution in [0.3, 0.4) is 0 Å². The van der Waals surface area contributed by atoms with E-state index in [1.807, 2.05) is 65.3 Å². The highest BCUT2D eigenvalue weighted by Crippen LogP contribution is 2.24. The summed E-state index contributed by atoms with van der Waals surface area (Å²) < 4.78 is 7.82. The number of ether oxygens (including phenoxy) is 1. The Morgan fingerprint density at radius 3 is 2.15 bits per heavy atom. The summed E-state index contributed by atoms with van der Waals surface area (Å²) >= 11 is 0. The Morgan fingerprint density at radius 1 is 0.706 bits per heavy atom. The molecule has 2 aromatic heterocycles. The van der Waals surface area contributed by atoms with Crippen LogP contribution >= 0.6 is 0 Å². The van der Waals surface area contributed by atoms with Crippen LogP contribution in [0.5, 0.6) is 5.75 Å². The van der Waals surface area contributed by atoms with Gasteiger partial charge < -0.3 is 10.1 Å². The van der Waals surface area contributed by atoms with Gasteiger partial charge in [0.2, 0.25) is 0 Å². The van der Waals surface area contributed by atoms with Crippen LogP contribution < -0.4 is 10.1 Å². The highest BCUT2D eigenvalue weighted by molar-refractivity contribution is 5.63. The maximum atomic E-state index is 5.87. The fourth-order valence-electron chi connectivity index (χ4n) is 3.78. The fourth-order valence-corrected chi connectivity index (χ4v) is 3.78. The molecule has 0 aliphatic carbocycles. The molecule has 0 atom stereocenters. The minimum atomic E-state index is 0.535. The lowest BCUT2D eigenvalue weighted by molar-refractivity contribution is 0.306. The van der Waals surface area contributed by atoms with Crippen molar-refractivity contribution in [2.75, 3.05) is 0 Å². The van der Waals surface area contributed by atoms with Gasteiger partial charge in [-0.3, -0.25) is 4.98 Å². The first-order valence-electron chi connectivity index (χ1n) is 11.4. The van der Waals surface area contributed by atoms with Gasteiger partial charge in [-0.2, -0.15) is 5.10 Å². The lowest BCUT2D eigenvalue weighted by atomic mass is 10.1. The van der Waals surface area contributed by atoms with E-state index in [0.29, 0.717) is 6.61 Å². The zero-order valence-electron chi connectivity index (χ0n) is 18.8. The number of hydrogen-bond donors (Lipinski definition) is 1. The van der Waals surface area contributed by atoms with Crippen LogP contribution in [-0.2, 0) is 19.7 Å². The molecule has 3 aromatic carbocycles. The Balaban J connectivity index is 1.23. The van der Waals surface area contributed by atoms with Crippen molar-refractivity contribution in [1.82, 2.24) is 20.1 Å². The monoisotopic (exact) mass is 446 g/mol. The minimum Gasteiger partial charge on any atom is -0.489 e. The Morgan fingerprint density at radius 2 is 1.41 bits per heavy atom. The Kier molecular flexibility index (Phi) is 6.74. The van der Waals surface area contributed by atoms with Gasteiger partial charge in [0, 0.05) is 42.8 Å². The summed E-state index contributed by atoms with van der Waals surface area (Å²) in [7, 11) is 0. The molecule has 0 spiro atoms. The summed E-state index contributed by atoms with van der Waals surface area (Å²) in [5.41, 5.74) is 6.63. The van der Waals surface area contributed by atoms with Gasteiger partial charge in [0.05, 0.1) is 11.4 Å². The molecule has 34 heavy (non-hydrogen) atoms. The van der Waals surface area contributed by atoms with E-state index in [2.05, 4.69) is 52.9 Å². The molecule has 0 unspecified atom stereocenters. The minimum absolute atomic E-state index is 0.535. The molecule has 0 bridgehead atoms. The predicted octanol–water partition coefficient (Wildman–Crippen LogP) is 5.80. The molecule has 0 saturated heterocycles. The van der Waals surface area contributed by atoms with E-state index >= 15 is 0 Å². The third-order valence-corrected chi connectivity index (χ3v) is 5.58. The van der Waals surface area contributed by atoms with Crippen LogP contribution in [0.25, 0.3) is 16.9 Å². The second-order valence-electron chi connectivity index (χ2n) is 8.04. The molecular weight excluding hydrogens is 420 g/mol. The van der Waals surface area contributed by atoms with Crippen LogP contribution in [0.4, 0.5) is 0 Å². The quantitative estimate of drug-likeness (QED) is 0.311. The molecule has 1 N–H and O–H groups in total. The van der Waals surface area contributed by atoms with Crippen molar-refractivity contribution in [2.45, 2.75) is 19.7 Å². The smallest absolute Gasteiger partial charge is 0.119 e. The van der Waals surface area contributed by atoms with Gasteiger partial charge in [0.1, 0.15) is 12.4 Å². The van der Waals surface area contributed by atoms with E-state index in [1.54, 1.807) is 12.4 Å². The van der Waals surface area contributed by atoms with E-state index in [-0.39, 0.29) is 0 Å². The number of nitrogens with zero attached hydrogens (tertiary/aromatic N) is 3. The molecule has 0 amide bonds. The number of para-hydroxylation sites is 1. The molecule has 2 heterocycles. The summed E-state index contributed by atoms with van der Waals surface area (Å²) in [6.45, 7) is 2.01. The lowest BCUT2D eigenvalue weighted by Crippen LogP contribution is -2.12. The van der Waals surface area contributed by atoms with Crippen molar-refractivity contribution in [3.05, 3.63) is 132 Å². The number of nitrogens with one attached hydrogen (secondary N) is 1. The average molecular weight is 447 g/mol. The summed E-state index contributed by atoms with van der Waals surface area (Å²) in [5, 5.41) is 8.46. The molecule has 0 aliphatic heterocycles. The maximum Gasteiger partial charge on any atom is 0.119 e. The van der Waals surface area contributed by atoms with Gasteiger partial charge in [-0.1, -0.05) is 60.7 Å². The number of pyridine rings is 1. The largest absolute Gasteiger partial charge is 0.489 e. The first kappa shape index (κ1) is 21.6. The molecule has 0 fully saturated rings. The normalized spacial score (nSPS) is 10.8. The van der Waals surface area contributed by atoms with Gasteiger partial charge >= 0.3 is 0 Å². The zero-order valence-corrected chi connectivity index (χ0v) is 18.8. The van der Waals surface area contributed by atoms with Crippen molar-refractivity contribution in [3.63, 3.8) is 0 Å². The second kappa shape index (κ2) is 10.6. The summed E-state index contributed by atoms with van der Waals surface area (Å²) in [4.78, 5) is 4.03. The Bertz CT molecular complexity index is 1300. The van der Waals surface area contributed by atoms with Gasteiger partial charge in [0.25, 0.3) is 0 Å². The van der Waals surface area contributed by atoms with Crippen LogP contribution in [0.2, 0.25) is 0 Å². The zero-order chi connectivity index (χ0) is 23.0. The van der Waals surface area contributed by atoms with E-state index in [9.17, 15) is 0 Å². The molecule has 168 valence electrons. The van der Waals surface area contributed by atoms with Crippen molar-refractivity contribution >= 4 is 0 Å². The molecule has 5 heteroatoms. The highest BCUT2D eigenvalue weighted by Gasteiger charge is 2.12. The van der Waals surface area contributed by atoms with Crippen molar-refractivity contribution in [2.24, 2.45) is 0 Å². The van der Waals surface area contributed by atoms with Crippen molar-refractivity contribution in [1.29, 1.82) is 0 Å². The number of benzene rings is 3. The molecule has 5 rings (SSSR count). The third kappa shape index (κ3) is 5.39. The van der Waals surface area contributed by atoms with E-state index in [1.165, 1.54) is 5.56 Å². The maximum absolute atomic E-state index is 5.87. The molecule has 0 radical (unpaired) electrons. The lowest BCUT2D eigenvalue weighted by Gasteiger charge is -2.08. The van der Waals surface area contributed by atoms with Gasteiger partial charge in [-0.05, 0) is 47.5 Å². The van der Waals surface area contributed by atoms with Gasteiger partial charge in [0.15, 0.2) is 0 Å². The summed E-state index contributed by atoms with van der Waals surface area (Å²) in [6.07, 6.45) is 5.67. The highest BCUT2D eigenvalue weighted by atomic mass is 16.5. The standard InChI is InChI=1S/C29H26N4O/c1-3-7-25(8-4-1)29-26(21-33(32-29)27-9-5-2-6-10-27)20-31-19-23-11-13-28(14-12-23)34-22-24-15-17-30-18-16-24/h1-18,21,31H,19-20,22H2. The van der Waals surface area contributed by atoms with Crippen LogP contribution in [0.15, 0.2) is 116 Å². The third-order valence-electron chi connectivity index (χ3n) is 5.58. The van der Waals surface area contributed by atoms with Crippen LogP contribution in [0.1, 0.15) is 16.7 Å². The molecule has 5 aromatic rings. The topological polar surface area (TPSA) is 52.0 Å². The molecular formula is C29H26N4O. The van der Waals surface area contributed by atoms with Gasteiger partial charge in [-0.25, -0.2) is 4.68 Å². The average Bonchev–Trinajstić information content (AvgIpc) is 3.34. The van der Waals surface area contributed by atoms with Crippen LogP contribution in [0, 0.1) is 0 Å². The van der Waals surface area contributed by atoms with E-state index in [4.69, 9.17) is 9.84 Å². The van der Waals surface area contributed by atoms with Crippen molar-refractivity contribution < 1.29 is 4.74 Å². The second-order valence-corrected chi connectivity index (χ2v) is 8.04. The first-order valence-corrected chi connectivity index (χ1v) is 11.4. The Labute approximate surface area is 199 Å². The number of rotatable bonds is 9. The predicted molar refractivity (Wildman–Crippen MR) is 135 cm³/mol. The van der Waals surface area contributed by atoms with Crippen LogP contribution in [-0.4, -0.2) is 14.8 Å². The van der Waals surface area contributed by atoms with E-state index < -0.39 is 0 Å². The Hall–Kier alpha value is -4.22. The van der Waals surface area contributed by atoms with E-state index in [0.717, 1.165) is 46.9 Å². The SMILES string of the molecule is c1ccc(-c2nn(-c3ccccc3)cc2CNCc2ccc(OCc3ccncc3)cc2)cc1. The molecule has 5 nitrogen and oxygen atoms in total. The summed E-state index contributed by atoms with van der Waals surface area (Å²) in [5.74, 6) is 0.857. The van der Waals surface area contributed by atoms with Gasteiger partial charge in [-0.15, -0.1) is 0 Å². The first-order chi connectivity index (χ1) is 16.8. The number of aromatic nitrogens is 3. The van der Waals surface area contributed by atoms with Crippen molar-refractivity contribution in [3.8, 4) is 22.7 Å². The fraction of sp³-hybridized carbons (Fsp3) is 0.103. The molecule has 0 saturated carbocycles. The molecule has 0 aliphatic rings. The summed E-state index contributed by atoms with van der Waals surface area (Å²) in [6, 6.07) is 32.7.